The molecule has 2 aliphatic rings. The molecule has 2 fully saturated rings. The molecule has 0 spiro atoms. The van der Waals surface area contributed by atoms with E-state index in [0.29, 0.717) is 18.1 Å². The Morgan fingerprint density at radius 2 is 1.91 bits per heavy atom. The van der Waals surface area contributed by atoms with Gasteiger partial charge in [-0.3, -0.25) is 4.99 Å². The SMILES string of the molecule is CN=C1SC([N+]2(C(=O)CCS(=O)(=O)c3ccc4cc(Cl)ccc4c3)CCCCC2)/C(=C\C#N)N1C. The van der Waals surface area contributed by atoms with E-state index in [0.717, 1.165) is 40.9 Å². The molecule has 0 saturated carbocycles. The number of amides is 1. The maximum Gasteiger partial charge on any atom is 0.315 e. The summed E-state index contributed by atoms with van der Waals surface area (Å²) in [6.45, 7) is 1.25. The minimum Gasteiger partial charge on any atom is -0.321 e. The molecule has 184 valence electrons. The third-order valence-corrected chi connectivity index (χ3v) is 10.3. The van der Waals surface area contributed by atoms with E-state index in [9.17, 15) is 18.5 Å². The lowest BCUT2D eigenvalue weighted by atomic mass is 10.1. The number of sulfone groups is 1. The lowest BCUT2D eigenvalue weighted by Gasteiger charge is -2.43. The molecular weight excluding hydrogens is 504 g/mol. The Balaban J connectivity index is 1.60. The topological polar surface area (TPSA) is 90.6 Å². The summed E-state index contributed by atoms with van der Waals surface area (Å²) < 4.78 is 26.5. The summed E-state index contributed by atoms with van der Waals surface area (Å²) in [5, 5.41) is 12.1. The van der Waals surface area contributed by atoms with Gasteiger partial charge < -0.3 is 4.90 Å². The van der Waals surface area contributed by atoms with E-state index in [1.54, 1.807) is 43.4 Å². The molecule has 0 aromatic heterocycles. The first kappa shape index (κ1) is 25.7. The number of benzene rings is 2. The Hall–Kier alpha value is -2.38. The summed E-state index contributed by atoms with van der Waals surface area (Å²) in [5.41, 5.74) is 0.740. The van der Waals surface area contributed by atoms with Gasteiger partial charge in [-0.2, -0.15) is 5.26 Å². The zero-order valence-corrected chi connectivity index (χ0v) is 22.2. The van der Waals surface area contributed by atoms with Crippen molar-refractivity contribution in [1.82, 2.24) is 4.90 Å². The highest BCUT2D eigenvalue weighted by molar-refractivity contribution is 8.14. The zero-order chi connectivity index (χ0) is 25.2. The number of carbonyl (C=O) groups is 1. The first-order valence-corrected chi connectivity index (χ1v) is 14.4. The molecule has 0 aliphatic carbocycles. The normalized spacial score (nSPS) is 22.6. The average molecular weight is 532 g/mol. The number of piperidine rings is 1. The van der Waals surface area contributed by atoms with Crippen LogP contribution in [0.1, 0.15) is 25.7 Å². The highest BCUT2D eigenvalue weighted by Gasteiger charge is 2.52. The van der Waals surface area contributed by atoms with Gasteiger partial charge in [-0.1, -0.05) is 23.7 Å². The van der Waals surface area contributed by atoms with Gasteiger partial charge in [0.05, 0.1) is 36.2 Å². The molecule has 0 bridgehead atoms. The standard InChI is InChI=1S/C25H28ClN4O3S2/c1-28-25-29(2)22(10-12-27)24(34-25)30(13-4-3-5-14-30)23(31)11-15-35(32,33)21-9-7-18-16-20(26)8-6-19(18)17-21/h6-10,16-17,24H,3-5,11,13-15H2,1-2H3/q+1/b22-10+,28-25?. The number of hydrogen-bond donors (Lipinski definition) is 0. The van der Waals surface area contributed by atoms with Gasteiger partial charge in [0.25, 0.3) is 0 Å². The third kappa shape index (κ3) is 4.98. The van der Waals surface area contributed by atoms with E-state index in [1.165, 1.54) is 17.8 Å². The number of nitrogens with zero attached hydrogens (tertiary/aromatic N) is 4. The molecule has 4 rings (SSSR count). The van der Waals surface area contributed by atoms with Crippen LogP contribution < -0.4 is 0 Å². The maximum absolute atomic E-state index is 13.8. The molecule has 2 aliphatic heterocycles. The Kier molecular flexibility index (Phi) is 7.57. The summed E-state index contributed by atoms with van der Waals surface area (Å²) >= 11 is 7.52. The summed E-state index contributed by atoms with van der Waals surface area (Å²) in [4.78, 5) is 20.2. The van der Waals surface area contributed by atoms with Gasteiger partial charge >= 0.3 is 5.91 Å². The van der Waals surface area contributed by atoms with Crippen molar-refractivity contribution >= 4 is 55.0 Å². The van der Waals surface area contributed by atoms with Gasteiger partial charge in [-0.05, 0) is 66.1 Å². The highest BCUT2D eigenvalue weighted by atomic mass is 35.5. The number of nitriles is 1. The second kappa shape index (κ2) is 10.3. The van der Waals surface area contributed by atoms with Gasteiger partial charge in [-0.25, -0.2) is 17.7 Å². The number of rotatable bonds is 5. The van der Waals surface area contributed by atoms with Crippen LogP contribution in [0.3, 0.4) is 0 Å². The molecule has 1 amide bonds. The van der Waals surface area contributed by atoms with Crippen molar-refractivity contribution in [3.63, 3.8) is 0 Å². The van der Waals surface area contributed by atoms with Crippen LogP contribution in [0.15, 0.2) is 58.1 Å². The fourth-order valence-corrected chi connectivity index (χ4v) is 7.84. The summed E-state index contributed by atoms with van der Waals surface area (Å²) in [6.07, 6.45) is 4.19. The van der Waals surface area contributed by atoms with Crippen molar-refractivity contribution in [2.75, 3.05) is 32.9 Å². The molecule has 1 unspecified atom stereocenters. The number of fused-ring (bicyclic) bond motifs is 1. The molecule has 2 saturated heterocycles. The van der Waals surface area contributed by atoms with Crippen LogP contribution in [0.5, 0.6) is 0 Å². The predicted octanol–water partition coefficient (Wildman–Crippen LogP) is 4.58. The first-order chi connectivity index (χ1) is 16.7. The van der Waals surface area contributed by atoms with Crippen molar-refractivity contribution < 1.29 is 17.7 Å². The fraction of sp³-hybridized carbons (Fsp3) is 0.400. The van der Waals surface area contributed by atoms with Crippen molar-refractivity contribution in [3.05, 3.63) is 53.2 Å². The third-order valence-electron chi connectivity index (χ3n) is 6.83. The van der Waals surface area contributed by atoms with Gasteiger partial charge in [0.2, 0.25) is 0 Å². The van der Waals surface area contributed by atoms with E-state index >= 15 is 0 Å². The van der Waals surface area contributed by atoms with E-state index in [2.05, 4.69) is 11.1 Å². The van der Waals surface area contributed by atoms with Crippen molar-refractivity contribution in [3.8, 4) is 6.07 Å². The number of likely N-dealkylation sites (N-methyl/N-ethyl adjacent to an activating group) is 1. The maximum atomic E-state index is 13.8. The molecule has 7 nitrogen and oxygen atoms in total. The van der Waals surface area contributed by atoms with Crippen LogP contribution in [-0.4, -0.2) is 67.2 Å². The number of likely N-dealkylation sites (tertiary alicyclic amines) is 1. The Morgan fingerprint density at radius 1 is 1.23 bits per heavy atom. The number of quaternary nitrogens is 1. The lowest BCUT2D eigenvalue weighted by Crippen LogP contribution is -2.61. The van der Waals surface area contributed by atoms with E-state index < -0.39 is 9.84 Å². The van der Waals surface area contributed by atoms with Crippen molar-refractivity contribution in [2.45, 2.75) is 36.0 Å². The van der Waals surface area contributed by atoms with Crippen LogP contribution in [0.4, 0.5) is 0 Å². The smallest absolute Gasteiger partial charge is 0.315 e. The molecule has 1 atom stereocenters. The molecular formula is C25H28ClN4O3S2+. The second-order valence-electron chi connectivity index (χ2n) is 8.89. The Labute approximate surface area is 215 Å². The predicted molar refractivity (Wildman–Crippen MR) is 141 cm³/mol. The minimum absolute atomic E-state index is 0.0831. The van der Waals surface area contributed by atoms with Crippen LogP contribution in [0.2, 0.25) is 5.02 Å². The molecule has 0 N–H and O–H groups in total. The zero-order valence-electron chi connectivity index (χ0n) is 19.8. The van der Waals surface area contributed by atoms with Crippen LogP contribution in [0.25, 0.3) is 10.8 Å². The molecule has 35 heavy (non-hydrogen) atoms. The number of allylic oxidation sites excluding steroid dienone is 1. The number of hydrogen-bond acceptors (Lipinski definition) is 6. The minimum atomic E-state index is -3.67. The van der Waals surface area contributed by atoms with Gasteiger partial charge in [0.1, 0.15) is 5.70 Å². The number of halogens is 1. The average Bonchev–Trinajstić information content (AvgIpc) is 3.18. The van der Waals surface area contributed by atoms with Crippen LogP contribution in [0, 0.1) is 11.3 Å². The van der Waals surface area contributed by atoms with Gasteiger partial charge in [-0.15, -0.1) is 0 Å². The van der Waals surface area contributed by atoms with Crippen molar-refractivity contribution in [1.29, 1.82) is 5.26 Å². The Morgan fingerprint density at radius 3 is 2.60 bits per heavy atom. The van der Waals surface area contributed by atoms with E-state index in [-0.39, 0.29) is 32.8 Å². The number of thioether (sulfide) groups is 1. The van der Waals surface area contributed by atoms with Crippen LogP contribution >= 0.6 is 23.4 Å². The van der Waals surface area contributed by atoms with Crippen LogP contribution in [-0.2, 0) is 14.6 Å². The second-order valence-corrected chi connectivity index (χ2v) is 12.5. The first-order valence-electron chi connectivity index (χ1n) is 11.5. The number of carbonyl (C=O) groups excluding carboxylic acids is 1. The number of aliphatic imine (C=N–C) groups is 1. The Bertz CT molecular complexity index is 1360. The highest BCUT2D eigenvalue weighted by Crippen LogP contribution is 2.42. The molecule has 0 radical (unpaired) electrons. The monoisotopic (exact) mass is 531 g/mol. The summed E-state index contributed by atoms with van der Waals surface area (Å²) in [7, 11) is -0.127. The fourth-order valence-electron chi connectivity index (χ4n) is 4.95. The molecule has 2 aromatic rings. The lowest BCUT2D eigenvalue weighted by molar-refractivity contribution is -0.864. The largest absolute Gasteiger partial charge is 0.321 e. The number of amidine groups is 1. The van der Waals surface area contributed by atoms with E-state index in [4.69, 9.17) is 11.6 Å². The molecule has 2 heterocycles. The van der Waals surface area contributed by atoms with Crippen molar-refractivity contribution in [2.24, 2.45) is 4.99 Å². The van der Waals surface area contributed by atoms with E-state index in [1.807, 2.05) is 11.9 Å². The van der Waals surface area contributed by atoms with Gasteiger partial charge in [0, 0.05) is 25.2 Å². The quantitative estimate of drug-likeness (QED) is 0.414. The van der Waals surface area contributed by atoms with Gasteiger partial charge in [0.15, 0.2) is 20.4 Å². The molecule has 2 aromatic carbocycles. The summed E-state index contributed by atoms with van der Waals surface area (Å²) in [6, 6.07) is 12.4. The summed E-state index contributed by atoms with van der Waals surface area (Å²) in [5.74, 6) is -0.364. The molecule has 10 heteroatoms.